The number of nitro groups is 1. The molecule has 0 radical (unpaired) electrons. The smallest absolute Gasteiger partial charge is 0.270 e. The Balaban J connectivity index is 0.00000625. The number of carbonyl (C=O) groups is 2. The molecule has 1 unspecified atom stereocenters. The molecule has 2 N–H and O–H groups in total. The Kier molecular flexibility index (Phi) is 10.1. The van der Waals surface area contributed by atoms with Gasteiger partial charge in [-0.3, -0.25) is 19.7 Å². The van der Waals surface area contributed by atoms with E-state index >= 15 is 0 Å². The molecule has 0 aliphatic heterocycles. The van der Waals surface area contributed by atoms with Crippen LogP contribution < -0.4 is 10.6 Å². The zero-order chi connectivity index (χ0) is 19.1. The maximum atomic E-state index is 12.5. The number of amides is 2. The maximum Gasteiger partial charge on any atom is 0.270 e. The van der Waals surface area contributed by atoms with E-state index in [1.807, 2.05) is 13.8 Å². The van der Waals surface area contributed by atoms with E-state index in [1.165, 1.54) is 12.1 Å². The van der Waals surface area contributed by atoms with Gasteiger partial charge < -0.3 is 15.5 Å². The number of rotatable bonds is 8. The van der Waals surface area contributed by atoms with Crippen molar-refractivity contribution >= 4 is 41.5 Å². The molecule has 0 spiro atoms. The Hall–Kier alpha value is -1.90. The second kappa shape index (κ2) is 10.9. The Labute approximate surface area is 163 Å². The Morgan fingerprint density at radius 2 is 1.96 bits per heavy atom. The van der Waals surface area contributed by atoms with Gasteiger partial charge in [0.2, 0.25) is 5.91 Å². The fraction of sp³-hybridized carbons (Fsp3) is 0.500. The molecular formula is C16H24Cl2N4O4. The van der Waals surface area contributed by atoms with Crippen LogP contribution in [-0.4, -0.2) is 54.9 Å². The fourth-order valence-electron chi connectivity index (χ4n) is 2.16. The van der Waals surface area contributed by atoms with E-state index in [2.05, 4.69) is 10.6 Å². The first-order chi connectivity index (χ1) is 11.7. The predicted molar refractivity (Wildman–Crippen MR) is 103 cm³/mol. The summed E-state index contributed by atoms with van der Waals surface area (Å²) in [6, 6.07) is 2.87. The number of likely N-dealkylation sites (N-methyl/N-ethyl adjacent to an activating group) is 2. The summed E-state index contributed by atoms with van der Waals surface area (Å²) in [6.07, 6.45) is 0. The summed E-state index contributed by atoms with van der Waals surface area (Å²) in [6.45, 7) is 4.79. The molecule has 0 aliphatic rings. The van der Waals surface area contributed by atoms with Gasteiger partial charge in [0.25, 0.3) is 11.6 Å². The average Bonchev–Trinajstić information content (AvgIpc) is 2.56. The van der Waals surface area contributed by atoms with E-state index in [0.717, 1.165) is 6.07 Å². The highest BCUT2D eigenvalue weighted by Gasteiger charge is 2.28. The van der Waals surface area contributed by atoms with Crippen LogP contribution in [0.1, 0.15) is 24.2 Å². The van der Waals surface area contributed by atoms with Gasteiger partial charge in [-0.1, -0.05) is 25.4 Å². The number of non-ortho nitro benzene ring substituents is 1. The van der Waals surface area contributed by atoms with Gasteiger partial charge in [-0.05, 0) is 19.0 Å². The molecule has 26 heavy (non-hydrogen) atoms. The zero-order valence-corrected chi connectivity index (χ0v) is 16.7. The van der Waals surface area contributed by atoms with Crippen LogP contribution in [0, 0.1) is 16.0 Å². The SMILES string of the molecule is CNCCN(C)C(=O)C(NC(=O)c1ccc([N+](=O)[O-])cc1Cl)C(C)C.Cl. The summed E-state index contributed by atoms with van der Waals surface area (Å²) in [4.78, 5) is 36.7. The van der Waals surface area contributed by atoms with Crippen LogP contribution >= 0.6 is 24.0 Å². The summed E-state index contributed by atoms with van der Waals surface area (Å²) >= 11 is 5.97. The Morgan fingerprint density at radius 1 is 1.35 bits per heavy atom. The summed E-state index contributed by atoms with van der Waals surface area (Å²) in [5.41, 5.74) is -0.117. The van der Waals surface area contributed by atoms with Crippen molar-refractivity contribution in [1.29, 1.82) is 0 Å². The van der Waals surface area contributed by atoms with Crippen molar-refractivity contribution < 1.29 is 14.5 Å². The van der Waals surface area contributed by atoms with Crippen LogP contribution in [0.4, 0.5) is 5.69 Å². The molecule has 0 aromatic heterocycles. The molecule has 8 nitrogen and oxygen atoms in total. The molecule has 1 aromatic rings. The van der Waals surface area contributed by atoms with Crippen molar-refractivity contribution in [3.63, 3.8) is 0 Å². The van der Waals surface area contributed by atoms with Gasteiger partial charge in [0, 0.05) is 32.3 Å². The molecule has 1 rings (SSSR count). The molecule has 0 heterocycles. The number of carbonyl (C=O) groups excluding carboxylic acids is 2. The first kappa shape index (κ1) is 24.1. The molecule has 2 amide bonds. The lowest BCUT2D eigenvalue weighted by atomic mass is 10.0. The minimum atomic E-state index is -0.722. The number of hydrogen-bond donors (Lipinski definition) is 2. The summed E-state index contributed by atoms with van der Waals surface area (Å²) in [5.74, 6) is -0.893. The normalized spacial score (nSPS) is 11.5. The minimum Gasteiger partial charge on any atom is -0.343 e. The number of benzene rings is 1. The maximum absolute atomic E-state index is 12.5. The molecule has 1 atom stereocenters. The van der Waals surface area contributed by atoms with Gasteiger partial charge in [0.1, 0.15) is 6.04 Å². The molecule has 0 saturated carbocycles. The van der Waals surface area contributed by atoms with Crippen LogP contribution in [0.3, 0.4) is 0 Å². The van der Waals surface area contributed by atoms with Crippen molar-refractivity contribution in [2.75, 3.05) is 27.2 Å². The van der Waals surface area contributed by atoms with E-state index < -0.39 is 16.9 Å². The van der Waals surface area contributed by atoms with E-state index in [9.17, 15) is 19.7 Å². The lowest BCUT2D eigenvalue weighted by molar-refractivity contribution is -0.384. The van der Waals surface area contributed by atoms with E-state index in [-0.39, 0.29) is 40.5 Å². The Morgan fingerprint density at radius 3 is 2.42 bits per heavy atom. The molecule has 0 aliphatic carbocycles. The molecular weight excluding hydrogens is 383 g/mol. The van der Waals surface area contributed by atoms with Crippen molar-refractivity contribution in [2.45, 2.75) is 19.9 Å². The van der Waals surface area contributed by atoms with Gasteiger partial charge in [0.05, 0.1) is 15.5 Å². The van der Waals surface area contributed by atoms with Crippen molar-refractivity contribution in [3.05, 3.63) is 38.9 Å². The second-order valence-corrected chi connectivity index (χ2v) is 6.39. The van der Waals surface area contributed by atoms with Crippen molar-refractivity contribution in [1.82, 2.24) is 15.5 Å². The van der Waals surface area contributed by atoms with Crippen LogP contribution in [0.15, 0.2) is 18.2 Å². The average molecular weight is 407 g/mol. The lowest BCUT2D eigenvalue weighted by Crippen LogP contribution is -2.51. The summed E-state index contributed by atoms with van der Waals surface area (Å²) in [5, 5.41) is 16.3. The molecule has 0 fully saturated rings. The summed E-state index contributed by atoms with van der Waals surface area (Å²) in [7, 11) is 3.46. The third-order valence-electron chi connectivity index (χ3n) is 3.70. The third-order valence-corrected chi connectivity index (χ3v) is 4.01. The lowest BCUT2D eigenvalue weighted by Gasteiger charge is -2.27. The van der Waals surface area contributed by atoms with E-state index in [1.54, 1.807) is 19.0 Å². The van der Waals surface area contributed by atoms with Crippen molar-refractivity contribution in [3.8, 4) is 0 Å². The highest BCUT2D eigenvalue weighted by Crippen LogP contribution is 2.22. The molecule has 1 aromatic carbocycles. The first-order valence-corrected chi connectivity index (χ1v) is 8.21. The van der Waals surface area contributed by atoms with Crippen LogP contribution in [-0.2, 0) is 4.79 Å². The van der Waals surface area contributed by atoms with Gasteiger partial charge in [0.15, 0.2) is 0 Å². The second-order valence-electron chi connectivity index (χ2n) is 5.98. The largest absolute Gasteiger partial charge is 0.343 e. The first-order valence-electron chi connectivity index (χ1n) is 7.83. The molecule has 146 valence electrons. The van der Waals surface area contributed by atoms with E-state index in [0.29, 0.717) is 13.1 Å². The fourth-order valence-corrected chi connectivity index (χ4v) is 2.42. The van der Waals surface area contributed by atoms with Gasteiger partial charge >= 0.3 is 0 Å². The standard InChI is InChI=1S/C16H23ClN4O4.ClH/c1-10(2)14(16(23)20(4)8-7-18-3)19-15(22)12-6-5-11(21(24)25)9-13(12)17;/h5-6,9-10,14,18H,7-8H2,1-4H3,(H,19,22);1H. The molecule has 0 bridgehead atoms. The molecule has 0 saturated heterocycles. The quantitative estimate of drug-likeness (QED) is 0.507. The highest BCUT2D eigenvalue weighted by molar-refractivity contribution is 6.34. The van der Waals surface area contributed by atoms with Crippen molar-refractivity contribution in [2.24, 2.45) is 5.92 Å². The Bertz CT molecular complexity index is 655. The number of nitrogens with zero attached hydrogens (tertiary/aromatic N) is 2. The monoisotopic (exact) mass is 406 g/mol. The molecule has 10 heteroatoms. The summed E-state index contributed by atoms with van der Waals surface area (Å²) < 4.78 is 0. The van der Waals surface area contributed by atoms with Gasteiger partial charge in [-0.15, -0.1) is 12.4 Å². The number of nitrogens with one attached hydrogen (secondary N) is 2. The third kappa shape index (κ3) is 6.44. The topological polar surface area (TPSA) is 105 Å². The van der Waals surface area contributed by atoms with Crippen LogP contribution in [0.25, 0.3) is 0 Å². The van der Waals surface area contributed by atoms with Gasteiger partial charge in [-0.25, -0.2) is 0 Å². The number of nitro benzene ring substituents is 1. The minimum absolute atomic E-state index is 0. The van der Waals surface area contributed by atoms with Crippen LogP contribution in [0.2, 0.25) is 5.02 Å². The van der Waals surface area contributed by atoms with Gasteiger partial charge in [-0.2, -0.15) is 0 Å². The number of hydrogen-bond acceptors (Lipinski definition) is 5. The predicted octanol–water partition coefficient (Wildman–Crippen LogP) is 2.10. The zero-order valence-electron chi connectivity index (χ0n) is 15.1. The highest BCUT2D eigenvalue weighted by atomic mass is 35.5. The van der Waals surface area contributed by atoms with Crippen LogP contribution in [0.5, 0.6) is 0 Å². The number of halogens is 2. The van der Waals surface area contributed by atoms with E-state index in [4.69, 9.17) is 11.6 Å².